The van der Waals surface area contributed by atoms with E-state index in [9.17, 15) is 0 Å². The quantitative estimate of drug-likeness (QED) is 0.764. The summed E-state index contributed by atoms with van der Waals surface area (Å²) in [5.41, 5.74) is 3.42. The third kappa shape index (κ3) is 1.96. The van der Waals surface area contributed by atoms with Crippen LogP contribution in [0.1, 0.15) is 30.7 Å². The van der Waals surface area contributed by atoms with Crippen molar-refractivity contribution < 1.29 is 0 Å². The largest absolute Gasteiger partial charge is 0.264 e. The van der Waals surface area contributed by atoms with E-state index in [-0.39, 0.29) is 5.41 Å². The summed E-state index contributed by atoms with van der Waals surface area (Å²) in [6.45, 7) is 6.38. The smallest absolute Gasteiger partial charge is 0.0372 e. The van der Waals surface area contributed by atoms with Crippen LogP contribution in [0.5, 0.6) is 0 Å². The maximum absolute atomic E-state index is 4.35. The molecule has 2 aromatic rings. The number of pyridine rings is 2. The van der Waals surface area contributed by atoms with Crippen molar-refractivity contribution in [1.29, 1.82) is 0 Å². The first-order valence-corrected chi connectivity index (χ1v) is 5.44. The Morgan fingerprint density at radius 3 is 2.31 bits per heavy atom. The Balaban J connectivity index is 2.43. The van der Waals surface area contributed by atoms with Gasteiger partial charge in [0.1, 0.15) is 0 Å². The Kier molecular flexibility index (Phi) is 2.73. The molecule has 82 valence electrons. The van der Waals surface area contributed by atoms with Crippen molar-refractivity contribution in [1.82, 2.24) is 9.97 Å². The molecule has 0 unspecified atom stereocenters. The van der Waals surface area contributed by atoms with Crippen molar-refractivity contribution in [2.24, 2.45) is 0 Å². The number of hydrogen-bond donors (Lipinski definition) is 0. The van der Waals surface area contributed by atoms with E-state index < -0.39 is 0 Å². The maximum atomic E-state index is 4.35. The second-order valence-corrected chi connectivity index (χ2v) is 4.55. The Hall–Kier alpha value is -1.70. The van der Waals surface area contributed by atoms with Gasteiger partial charge in [-0.2, -0.15) is 0 Å². The monoisotopic (exact) mass is 212 g/mol. The summed E-state index contributed by atoms with van der Waals surface area (Å²) in [6, 6.07) is 8.26. The molecular weight excluding hydrogens is 196 g/mol. The molecule has 2 rings (SSSR count). The van der Waals surface area contributed by atoms with Crippen molar-refractivity contribution in [3.05, 3.63) is 59.7 Å². The fourth-order valence-corrected chi connectivity index (χ4v) is 1.74. The van der Waals surface area contributed by atoms with Gasteiger partial charge in [-0.15, -0.1) is 0 Å². The van der Waals surface area contributed by atoms with Crippen molar-refractivity contribution in [2.45, 2.75) is 26.2 Å². The van der Waals surface area contributed by atoms with Gasteiger partial charge in [-0.05, 0) is 30.2 Å². The molecule has 0 aliphatic heterocycles. The average Bonchev–Trinajstić information content (AvgIpc) is 2.31. The molecule has 0 amide bonds. The number of hydrogen-bond acceptors (Lipinski definition) is 2. The van der Waals surface area contributed by atoms with Crippen LogP contribution in [0.25, 0.3) is 0 Å². The van der Waals surface area contributed by atoms with Crippen molar-refractivity contribution in [2.75, 3.05) is 0 Å². The van der Waals surface area contributed by atoms with E-state index in [1.807, 2.05) is 31.5 Å². The van der Waals surface area contributed by atoms with Gasteiger partial charge in [0, 0.05) is 29.7 Å². The summed E-state index contributed by atoms with van der Waals surface area (Å²) in [6.07, 6.45) is 5.66. The van der Waals surface area contributed by atoms with E-state index in [0.29, 0.717) is 0 Å². The topological polar surface area (TPSA) is 25.8 Å². The molecule has 2 nitrogen and oxygen atoms in total. The summed E-state index contributed by atoms with van der Waals surface area (Å²) in [5.74, 6) is 0. The fourth-order valence-electron chi connectivity index (χ4n) is 1.74. The van der Waals surface area contributed by atoms with Crippen LogP contribution in [0, 0.1) is 6.92 Å². The Labute approximate surface area is 96.4 Å². The van der Waals surface area contributed by atoms with Crippen LogP contribution >= 0.6 is 0 Å². The zero-order valence-corrected chi connectivity index (χ0v) is 9.94. The van der Waals surface area contributed by atoms with Crippen molar-refractivity contribution in [3.63, 3.8) is 0 Å². The van der Waals surface area contributed by atoms with Gasteiger partial charge in [-0.25, -0.2) is 0 Å². The van der Waals surface area contributed by atoms with Crippen LogP contribution in [0.4, 0.5) is 0 Å². The molecule has 0 aliphatic carbocycles. The fraction of sp³-hybridized carbons (Fsp3) is 0.286. The standard InChI is InChI=1S/C14H16N2/c1-11-6-7-13(10-16-11)14(2,3)12-5-4-8-15-9-12/h4-10H,1-3H3. The van der Waals surface area contributed by atoms with Gasteiger partial charge >= 0.3 is 0 Å². The Morgan fingerprint density at radius 1 is 1.00 bits per heavy atom. The van der Waals surface area contributed by atoms with Crippen LogP contribution in [0.3, 0.4) is 0 Å². The highest BCUT2D eigenvalue weighted by atomic mass is 14.7. The van der Waals surface area contributed by atoms with Crippen molar-refractivity contribution in [3.8, 4) is 0 Å². The van der Waals surface area contributed by atoms with E-state index in [4.69, 9.17) is 0 Å². The molecule has 0 radical (unpaired) electrons. The lowest BCUT2D eigenvalue weighted by molar-refractivity contribution is 0.633. The minimum Gasteiger partial charge on any atom is -0.264 e. The molecule has 0 spiro atoms. The van der Waals surface area contributed by atoms with Gasteiger partial charge in [0.25, 0.3) is 0 Å². The zero-order valence-electron chi connectivity index (χ0n) is 9.94. The average molecular weight is 212 g/mol. The SMILES string of the molecule is Cc1ccc(C(C)(C)c2cccnc2)cn1. The molecule has 2 aromatic heterocycles. The minimum absolute atomic E-state index is 0.0467. The Bertz CT molecular complexity index is 458. The predicted octanol–water partition coefficient (Wildman–Crippen LogP) is 3.11. The second-order valence-electron chi connectivity index (χ2n) is 4.55. The molecule has 16 heavy (non-hydrogen) atoms. The normalized spacial score (nSPS) is 11.4. The van der Waals surface area contributed by atoms with Gasteiger partial charge in [-0.3, -0.25) is 9.97 Å². The summed E-state index contributed by atoms with van der Waals surface area (Å²) >= 11 is 0. The van der Waals surface area contributed by atoms with E-state index >= 15 is 0 Å². The maximum Gasteiger partial charge on any atom is 0.0372 e. The van der Waals surface area contributed by atoms with Gasteiger partial charge in [0.15, 0.2) is 0 Å². The van der Waals surface area contributed by atoms with Crippen molar-refractivity contribution >= 4 is 0 Å². The van der Waals surface area contributed by atoms with Crippen LogP contribution < -0.4 is 0 Å². The number of rotatable bonds is 2. The molecule has 0 aliphatic rings. The van der Waals surface area contributed by atoms with Crippen LogP contribution in [0.2, 0.25) is 0 Å². The first-order valence-electron chi connectivity index (χ1n) is 5.44. The van der Waals surface area contributed by atoms with Crippen LogP contribution in [0.15, 0.2) is 42.9 Å². The lowest BCUT2D eigenvalue weighted by atomic mass is 9.80. The molecule has 0 N–H and O–H groups in total. The number of aromatic nitrogens is 2. The zero-order chi connectivity index (χ0) is 11.6. The highest BCUT2D eigenvalue weighted by Gasteiger charge is 2.23. The van der Waals surface area contributed by atoms with E-state index in [1.54, 1.807) is 6.20 Å². The van der Waals surface area contributed by atoms with Gasteiger partial charge in [0.2, 0.25) is 0 Å². The molecule has 2 heterocycles. The summed E-state index contributed by atoms with van der Waals surface area (Å²) < 4.78 is 0. The number of aryl methyl sites for hydroxylation is 1. The lowest BCUT2D eigenvalue weighted by Gasteiger charge is -2.25. The molecule has 0 fully saturated rings. The Morgan fingerprint density at radius 2 is 1.75 bits per heavy atom. The summed E-state index contributed by atoms with van der Waals surface area (Å²) in [7, 11) is 0. The first-order chi connectivity index (χ1) is 7.60. The lowest BCUT2D eigenvalue weighted by Crippen LogP contribution is -2.19. The van der Waals surface area contributed by atoms with Gasteiger partial charge < -0.3 is 0 Å². The molecule has 2 heteroatoms. The third-order valence-electron chi connectivity index (χ3n) is 3.02. The molecular formula is C14H16N2. The van der Waals surface area contributed by atoms with E-state index in [2.05, 4.69) is 35.9 Å². The number of nitrogens with zero attached hydrogens (tertiary/aromatic N) is 2. The second kappa shape index (κ2) is 4.05. The van der Waals surface area contributed by atoms with Gasteiger partial charge in [0.05, 0.1) is 0 Å². The van der Waals surface area contributed by atoms with Gasteiger partial charge in [-0.1, -0.05) is 26.0 Å². The summed E-state index contributed by atoms with van der Waals surface area (Å²) in [4.78, 5) is 8.52. The van der Waals surface area contributed by atoms with Crippen LogP contribution in [-0.4, -0.2) is 9.97 Å². The van der Waals surface area contributed by atoms with E-state index in [0.717, 1.165) is 5.69 Å². The van der Waals surface area contributed by atoms with Crippen LogP contribution in [-0.2, 0) is 5.41 Å². The highest BCUT2D eigenvalue weighted by Crippen LogP contribution is 2.30. The molecule has 0 aromatic carbocycles. The first kappa shape index (κ1) is 10.8. The molecule has 0 bridgehead atoms. The molecule has 0 saturated heterocycles. The minimum atomic E-state index is -0.0467. The molecule has 0 saturated carbocycles. The summed E-state index contributed by atoms with van der Waals surface area (Å²) in [5, 5.41) is 0. The predicted molar refractivity (Wildman–Crippen MR) is 65.3 cm³/mol. The third-order valence-corrected chi connectivity index (χ3v) is 3.02. The van der Waals surface area contributed by atoms with E-state index in [1.165, 1.54) is 11.1 Å². The highest BCUT2D eigenvalue weighted by molar-refractivity contribution is 5.34. The molecule has 0 atom stereocenters.